The quantitative estimate of drug-likeness (QED) is 0.480. The third-order valence-corrected chi connectivity index (χ3v) is 3.81. The van der Waals surface area contributed by atoms with E-state index in [0.717, 1.165) is 16.0 Å². The van der Waals surface area contributed by atoms with Crippen molar-refractivity contribution in [1.82, 2.24) is 0 Å². The van der Waals surface area contributed by atoms with Gasteiger partial charge < -0.3 is 4.74 Å². The molecule has 0 radical (unpaired) electrons. The number of hydrogen-bond donors (Lipinski definition) is 0. The van der Waals surface area contributed by atoms with Crippen LogP contribution in [0.2, 0.25) is 0 Å². The van der Waals surface area contributed by atoms with Gasteiger partial charge >= 0.3 is 0 Å². The third-order valence-electron chi connectivity index (χ3n) is 2.66. The fourth-order valence-corrected chi connectivity index (χ4v) is 2.69. The van der Waals surface area contributed by atoms with Gasteiger partial charge in [-0.25, -0.2) is 4.99 Å². The second-order valence-electron chi connectivity index (χ2n) is 4.05. The summed E-state index contributed by atoms with van der Waals surface area (Å²) in [6.45, 7) is 5.87. The maximum atomic E-state index is 11.4. The minimum Gasteiger partial charge on any atom is -0.470 e. The summed E-state index contributed by atoms with van der Waals surface area (Å²) in [6.07, 6.45) is 1.68. The zero-order valence-electron chi connectivity index (χ0n) is 11.1. The van der Waals surface area contributed by atoms with Gasteiger partial charge in [0, 0.05) is 28.9 Å². The van der Waals surface area contributed by atoms with E-state index >= 15 is 0 Å². The van der Waals surface area contributed by atoms with Crippen LogP contribution in [0.25, 0.3) is 0 Å². The van der Waals surface area contributed by atoms with Crippen molar-refractivity contribution >= 4 is 32.6 Å². The average Bonchev–Trinajstić information content (AvgIpc) is 2.28. The van der Waals surface area contributed by atoms with Crippen LogP contribution < -0.4 is 0 Å². The van der Waals surface area contributed by atoms with E-state index in [1.807, 2.05) is 39.0 Å². The zero-order valence-corrected chi connectivity index (χ0v) is 13.5. The van der Waals surface area contributed by atoms with Crippen molar-refractivity contribution < 1.29 is 8.95 Å². The first-order valence-electron chi connectivity index (χ1n) is 5.62. The highest BCUT2D eigenvalue weighted by atomic mass is 79.9. The van der Waals surface area contributed by atoms with E-state index < -0.39 is 10.8 Å². The van der Waals surface area contributed by atoms with E-state index in [4.69, 9.17) is 4.74 Å². The molecule has 1 aromatic rings. The number of ether oxygens (including phenoxy) is 1. The SMILES string of the molecule is CC(=NC(C)c1ccc(S(C)=O)cc1C)OCBr. The Kier molecular flexibility index (Phi) is 6.02. The summed E-state index contributed by atoms with van der Waals surface area (Å²) in [4.78, 5) is 5.31. The van der Waals surface area contributed by atoms with Crippen molar-refractivity contribution in [3.05, 3.63) is 29.3 Å². The molecule has 1 rings (SSSR count). The van der Waals surface area contributed by atoms with Crippen LogP contribution in [0.4, 0.5) is 0 Å². The number of hydrogen-bond acceptors (Lipinski definition) is 3. The van der Waals surface area contributed by atoms with Crippen molar-refractivity contribution in [2.45, 2.75) is 31.7 Å². The first-order chi connectivity index (χ1) is 8.45. The summed E-state index contributed by atoms with van der Waals surface area (Å²) in [5.74, 6) is 0.655. The zero-order chi connectivity index (χ0) is 13.7. The summed E-state index contributed by atoms with van der Waals surface area (Å²) in [5, 5.41) is 0. The second kappa shape index (κ2) is 7.04. The Morgan fingerprint density at radius 2 is 2.22 bits per heavy atom. The van der Waals surface area contributed by atoms with Gasteiger partial charge in [-0.15, -0.1) is 0 Å². The molecule has 0 saturated carbocycles. The molecule has 0 fully saturated rings. The molecule has 0 bridgehead atoms. The standard InChI is InChI=1S/C13H18BrNO2S/c1-9-7-12(18(4)16)5-6-13(9)10(2)15-11(3)17-8-14/h5-7,10H,8H2,1-4H3. The monoisotopic (exact) mass is 331 g/mol. The van der Waals surface area contributed by atoms with E-state index in [1.54, 1.807) is 6.26 Å². The molecule has 0 amide bonds. The van der Waals surface area contributed by atoms with Crippen molar-refractivity contribution in [2.24, 2.45) is 4.99 Å². The highest BCUT2D eigenvalue weighted by Crippen LogP contribution is 2.23. The van der Waals surface area contributed by atoms with Crippen LogP contribution in [-0.2, 0) is 15.5 Å². The molecule has 1 aromatic carbocycles. The fourth-order valence-electron chi connectivity index (χ4n) is 1.75. The van der Waals surface area contributed by atoms with E-state index in [-0.39, 0.29) is 6.04 Å². The van der Waals surface area contributed by atoms with Crippen LogP contribution in [0.15, 0.2) is 28.1 Å². The molecule has 18 heavy (non-hydrogen) atoms. The fraction of sp³-hybridized carbons (Fsp3) is 0.462. The maximum Gasteiger partial charge on any atom is 0.181 e. The number of aliphatic imine (C=N–C) groups is 1. The maximum absolute atomic E-state index is 11.4. The molecule has 0 aliphatic rings. The molecule has 0 saturated heterocycles. The van der Waals surface area contributed by atoms with Crippen LogP contribution in [-0.4, -0.2) is 21.9 Å². The Hall–Kier alpha value is -0.680. The minimum atomic E-state index is -0.941. The van der Waals surface area contributed by atoms with Gasteiger partial charge in [-0.05, 0) is 53.0 Å². The van der Waals surface area contributed by atoms with Crippen LogP contribution in [0.1, 0.15) is 31.0 Å². The Morgan fingerprint density at radius 3 is 2.72 bits per heavy atom. The van der Waals surface area contributed by atoms with Gasteiger partial charge in [-0.1, -0.05) is 6.07 Å². The molecule has 0 heterocycles. The summed E-state index contributed by atoms with van der Waals surface area (Å²) < 4.78 is 16.7. The lowest BCUT2D eigenvalue weighted by Crippen LogP contribution is -2.02. The number of alkyl halides is 1. The summed E-state index contributed by atoms with van der Waals surface area (Å²) in [6, 6.07) is 5.87. The highest BCUT2D eigenvalue weighted by Gasteiger charge is 2.09. The Bertz CT molecular complexity index is 474. The average molecular weight is 332 g/mol. The van der Waals surface area contributed by atoms with Crippen molar-refractivity contribution in [2.75, 3.05) is 11.8 Å². The van der Waals surface area contributed by atoms with Gasteiger partial charge in [-0.2, -0.15) is 0 Å². The molecular formula is C13H18BrNO2S. The van der Waals surface area contributed by atoms with Crippen LogP contribution >= 0.6 is 15.9 Å². The predicted octanol–water partition coefficient (Wildman–Crippen LogP) is 3.58. The molecular weight excluding hydrogens is 314 g/mol. The number of aryl methyl sites for hydroxylation is 1. The molecule has 0 aromatic heterocycles. The molecule has 0 spiro atoms. The van der Waals surface area contributed by atoms with Gasteiger partial charge in [0.1, 0.15) is 5.52 Å². The topological polar surface area (TPSA) is 38.7 Å². The van der Waals surface area contributed by atoms with Crippen molar-refractivity contribution in [3.63, 3.8) is 0 Å². The van der Waals surface area contributed by atoms with E-state index in [2.05, 4.69) is 20.9 Å². The molecule has 2 atom stereocenters. The van der Waals surface area contributed by atoms with Crippen LogP contribution in [0.3, 0.4) is 0 Å². The summed E-state index contributed by atoms with van der Waals surface area (Å²) in [7, 11) is -0.941. The molecule has 100 valence electrons. The summed E-state index contributed by atoms with van der Waals surface area (Å²) in [5.41, 5.74) is 2.68. The highest BCUT2D eigenvalue weighted by molar-refractivity contribution is 9.09. The third kappa shape index (κ3) is 4.21. The van der Waals surface area contributed by atoms with Crippen LogP contribution in [0, 0.1) is 6.92 Å². The number of benzene rings is 1. The van der Waals surface area contributed by atoms with Crippen molar-refractivity contribution in [1.29, 1.82) is 0 Å². The van der Waals surface area contributed by atoms with Gasteiger partial charge in [0.05, 0.1) is 6.04 Å². The van der Waals surface area contributed by atoms with Gasteiger partial charge in [0.2, 0.25) is 0 Å². The molecule has 2 unspecified atom stereocenters. The Balaban J connectivity index is 2.96. The van der Waals surface area contributed by atoms with Gasteiger partial charge in [0.25, 0.3) is 0 Å². The first kappa shape index (κ1) is 15.4. The Labute approximate surface area is 119 Å². The second-order valence-corrected chi connectivity index (χ2v) is 5.89. The van der Waals surface area contributed by atoms with Crippen molar-refractivity contribution in [3.8, 4) is 0 Å². The lowest BCUT2D eigenvalue weighted by Gasteiger charge is -2.12. The lowest BCUT2D eigenvalue weighted by molar-refractivity contribution is 0.378. The molecule has 5 heteroatoms. The normalized spacial score (nSPS) is 15.3. The summed E-state index contributed by atoms with van der Waals surface area (Å²) >= 11 is 3.20. The molecule has 0 N–H and O–H groups in total. The molecule has 3 nitrogen and oxygen atoms in total. The smallest absolute Gasteiger partial charge is 0.181 e. The largest absolute Gasteiger partial charge is 0.470 e. The Morgan fingerprint density at radius 1 is 1.56 bits per heavy atom. The first-order valence-corrected chi connectivity index (χ1v) is 8.30. The van der Waals surface area contributed by atoms with Gasteiger partial charge in [-0.3, -0.25) is 4.21 Å². The number of rotatable bonds is 4. The molecule has 0 aliphatic carbocycles. The van der Waals surface area contributed by atoms with E-state index in [9.17, 15) is 4.21 Å². The lowest BCUT2D eigenvalue weighted by atomic mass is 10.0. The van der Waals surface area contributed by atoms with E-state index in [1.165, 1.54) is 0 Å². The predicted molar refractivity (Wildman–Crippen MR) is 79.9 cm³/mol. The number of halogens is 1. The van der Waals surface area contributed by atoms with Crippen LogP contribution in [0.5, 0.6) is 0 Å². The minimum absolute atomic E-state index is 0.0309. The van der Waals surface area contributed by atoms with E-state index in [0.29, 0.717) is 11.4 Å². The number of nitrogens with zero attached hydrogens (tertiary/aromatic N) is 1. The molecule has 0 aliphatic heterocycles. The van der Waals surface area contributed by atoms with Gasteiger partial charge in [0.15, 0.2) is 5.90 Å².